The lowest BCUT2D eigenvalue weighted by Gasteiger charge is -2.13. The third kappa shape index (κ3) is 3.46. The zero-order chi connectivity index (χ0) is 10.6. The molecule has 0 aliphatic rings. The summed E-state index contributed by atoms with van der Waals surface area (Å²) < 4.78 is 12.6. The van der Waals surface area contributed by atoms with Gasteiger partial charge >= 0.3 is 0 Å². The second-order valence-corrected chi connectivity index (χ2v) is 4.01. The SMILES string of the molecule is CC(N)CCC(C)c1ccc(F)cc1. The molecule has 0 saturated carbocycles. The highest BCUT2D eigenvalue weighted by molar-refractivity contribution is 5.19. The maximum Gasteiger partial charge on any atom is 0.123 e. The fourth-order valence-corrected chi connectivity index (χ4v) is 1.47. The average Bonchev–Trinajstić information content (AvgIpc) is 2.15. The molecule has 0 spiro atoms. The minimum absolute atomic E-state index is 0.173. The Balaban J connectivity index is 2.52. The van der Waals surface area contributed by atoms with E-state index in [-0.39, 0.29) is 11.9 Å². The third-order valence-electron chi connectivity index (χ3n) is 2.49. The maximum atomic E-state index is 12.6. The zero-order valence-corrected chi connectivity index (χ0v) is 8.83. The van der Waals surface area contributed by atoms with E-state index >= 15 is 0 Å². The summed E-state index contributed by atoms with van der Waals surface area (Å²) in [4.78, 5) is 0. The molecule has 1 aromatic rings. The molecule has 0 saturated heterocycles. The van der Waals surface area contributed by atoms with Crippen LogP contribution in [0.1, 0.15) is 38.2 Å². The molecule has 0 heterocycles. The van der Waals surface area contributed by atoms with Crippen LogP contribution < -0.4 is 5.73 Å². The predicted octanol–water partition coefficient (Wildman–Crippen LogP) is 3.06. The fourth-order valence-electron chi connectivity index (χ4n) is 1.47. The highest BCUT2D eigenvalue weighted by Crippen LogP contribution is 2.21. The van der Waals surface area contributed by atoms with Crippen molar-refractivity contribution in [2.24, 2.45) is 5.73 Å². The summed E-state index contributed by atoms with van der Waals surface area (Å²) in [5.74, 6) is 0.287. The Morgan fingerprint density at radius 3 is 2.21 bits per heavy atom. The number of benzene rings is 1. The van der Waals surface area contributed by atoms with E-state index in [0.717, 1.165) is 12.8 Å². The van der Waals surface area contributed by atoms with Gasteiger partial charge in [0.1, 0.15) is 5.82 Å². The first-order valence-corrected chi connectivity index (χ1v) is 5.10. The Kier molecular flexibility index (Phi) is 4.08. The van der Waals surface area contributed by atoms with Crippen LogP contribution in [0.5, 0.6) is 0 Å². The first-order chi connectivity index (χ1) is 6.59. The largest absolute Gasteiger partial charge is 0.328 e. The monoisotopic (exact) mass is 195 g/mol. The van der Waals surface area contributed by atoms with Crippen molar-refractivity contribution < 1.29 is 4.39 Å². The lowest BCUT2D eigenvalue weighted by Crippen LogP contribution is -2.15. The molecule has 1 nitrogen and oxygen atoms in total. The molecular formula is C12H18FN. The van der Waals surface area contributed by atoms with Gasteiger partial charge in [-0.3, -0.25) is 0 Å². The predicted molar refractivity (Wildman–Crippen MR) is 57.7 cm³/mol. The van der Waals surface area contributed by atoms with Crippen molar-refractivity contribution in [3.63, 3.8) is 0 Å². The highest BCUT2D eigenvalue weighted by atomic mass is 19.1. The van der Waals surface area contributed by atoms with Gasteiger partial charge in [-0.2, -0.15) is 0 Å². The van der Waals surface area contributed by atoms with Crippen molar-refractivity contribution in [1.29, 1.82) is 0 Å². The molecule has 0 aromatic heterocycles. The van der Waals surface area contributed by atoms with Gasteiger partial charge in [0.25, 0.3) is 0 Å². The lowest BCUT2D eigenvalue weighted by molar-refractivity contribution is 0.567. The van der Waals surface area contributed by atoms with E-state index in [1.807, 2.05) is 19.1 Å². The van der Waals surface area contributed by atoms with Crippen LogP contribution in [0.25, 0.3) is 0 Å². The van der Waals surface area contributed by atoms with Gasteiger partial charge in [0.15, 0.2) is 0 Å². The number of rotatable bonds is 4. The zero-order valence-electron chi connectivity index (χ0n) is 8.83. The maximum absolute atomic E-state index is 12.6. The summed E-state index contributed by atoms with van der Waals surface area (Å²) in [6.45, 7) is 4.16. The topological polar surface area (TPSA) is 26.0 Å². The number of hydrogen-bond donors (Lipinski definition) is 1. The minimum atomic E-state index is -0.173. The Labute approximate surface area is 85.1 Å². The first-order valence-electron chi connectivity index (χ1n) is 5.10. The van der Waals surface area contributed by atoms with Gasteiger partial charge in [0.2, 0.25) is 0 Å². The third-order valence-corrected chi connectivity index (χ3v) is 2.49. The van der Waals surface area contributed by atoms with Gasteiger partial charge in [-0.15, -0.1) is 0 Å². The van der Waals surface area contributed by atoms with Crippen molar-refractivity contribution in [1.82, 2.24) is 0 Å². The fraction of sp³-hybridized carbons (Fsp3) is 0.500. The molecule has 14 heavy (non-hydrogen) atoms. The Hall–Kier alpha value is -0.890. The molecule has 0 fully saturated rings. The van der Waals surface area contributed by atoms with Gasteiger partial charge < -0.3 is 5.73 Å². The minimum Gasteiger partial charge on any atom is -0.328 e. The summed E-state index contributed by atoms with van der Waals surface area (Å²) in [5, 5.41) is 0. The molecule has 2 heteroatoms. The summed E-state index contributed by atoms with van der Waals surface area (Å²) in [7, 11) is 0. The molecule has 0 radical (unpaired) electrons. The van der Waals surface area contributed by atoms with Crippen molar-refractivity contribution in [3.05, 3.63) is 35.6 Å². The van der Waals surface area contributed by atoms with Gasteiger partial charge in [0.05, 0.1) is 0 Å². The summed E-state index contributed by atoms with van der Waals surface area (Å²) >= 11 is 0. The van der Waals surface area contributed by atoms with E-state index in [4.69, 9.17) is 5.73 Å². The summed E-state index contributed by atoms with van der Waals surface area (Å²) in [6.07, 6.45) is 2.07. The molecule has 1 aromatic carbocycles. The Bertz CT molecular complexity index is 266. The van der Waals surface area contributed by atoms with Crippen LogP contribution in [-0.4, -0.2) is 6.04 Å². The van der Waals surface area contributed by atoms with Crippen molar-refractivity contribution in [3.8, 4) is 0 Å². The van der Waals surface area contributed by atoms with Crippen LogP contribution >= 0.6 is 0 Å². The molecule has 78 valence electrons. The van der Waals surface area contributed by atoms with Gasteiger partial charge in [-0.05, 0) is 43.4 Å². The molecule has 0 bridgehead atoms. The second-order valence-electron chi connectivity index (χ2n) is 4.01. The van der Waals surface area contributed by atoms with Crippen LogP contribution in [0.4, 0.5) is 4.39 Å². The standard InChI is InChI=1S/C12H18FN/c1-9(3-4-10(2)14)11-5-7-12(13)8-6-11/h5-10H,3-4,14H2,1-2H3. The van der Waals surface area contributed by atoms with Crippen LogP contribution in [-0.2, 0) is 0 Å². The summed E-state index contributed by atoms with van der Waals surface area (Å²) in [5.41, 5.74) is 6.87. The number of halogens is 1. The van der Waals surface area contributed by atoms with E-state index in [9.17, 15) is 4.39 Å². The highest BCUT2D eigenvalue weighted by Gasteiger charge is 2.06. The van der Waals surface area contributed by atoms with Crippen molar-refractivity contribution in [2.75, 3.05) is 0 Å². The normalized spacial score (nSPS) is 15.1. The smallest absolute Gasteiger partial charge is 0.123 e. The molecule has 2 N–H and O–H groups in total. The van der Waals surface area contributed by atoms with Gasteiger partial charge in [0, 0.05) is 6.04 Å². The quantitative estimate of drug-likeness (QED) is 0.785. The molecule has 1 rings (SSSR count). The van der Waals surface area contributed by atoms with E-state index in [2.05, 4.69) is 6.92 Å². The Morgan fingerprint density at radius 1 is 1.14 bits per heavy atom. The van der Waals surface area contributed by atoms with E-state index in [1.165, 1.54) is 17.7 Å². The van der Waals surface area contributed by atoms with Crippen LogP contribution in [0, 0.1) is 5.82 Å². The summed E-state index contributed by atoms with van der Waals surface area (Å²) in [6, 6.07) is 6.97. The number of hydrogen-bond acceptors (Lipinski definition) is 1. The second kappa shape index (κ2) is 5.11. The van der Waals surface area contributed by atoms with Crippen LogP contribution in [0.2, 0.25) is 0 Å². The average molecular weight is 195 g/mol. The molecule has 0 aliphatic carbocycles. The first kappa shape index (κ1) is 11.2. The Morgan fingerprint density at radius 2 is 1.71 bits per heavy atom. The number of nitrogens with two attached hydrogens (primary N) is 1. The van der Waals surface area contributed by atoms with E-state index in [0.29, 0.717) is 5.92 Å². The molecule has 0 amide bonds. The van der Waals surface area contributed by atoms with Gasteiger partial charge in [-0.25, -0.2) is 4.39 Å². The van der Waals surface area contributed by atoms with Gasteiger partial charge in [-0.1, -0.05) is 19.1 Å². The molecule has 2 unspecified atom stereocenters. The van der Waals surface area contributed by atoms with E-state index < -0.39 is 0 Å². The molecular weight excluding hydrogens is 177 g/mol. The van der Waals surface area contributed by atoms with Crippen molar-refractivity contribution >= 4 is 0 Å². The van der Waals surface area contributed by atoms with Crippen LogP contribution in [0.3, 0.4) is 0 Å². The molecule has 2 atom stereocenters. The van der Waals surface area contributed by atoms with Crippen LogP contribution in [0.15, 0.2) is 24.3 Å². The van der Waals surface area contributed by atoms with E-state index in [1.54, 1.807) is 0 Å². The lowest BCUT2D eigenvalue weighted by atomic mass is 9.95. The molecule has 0 aliphatic heterocycles. The van der Waals surface area contributed by atoms with Crippen molar-refractivity contribution in [2.45, 2.75) is 38.6 Å².